The standard InChI is InChI=1S/C22H39N5.HI/c1-7-23-21(24-17-22(3,4)26(5)6)25-20-13-14-27(18(2)15-20)16-19-11-9-8-10-12-19;/h8-12,18,20H,7,13-17H2,1-6H3,(H2,23,24,25);1H. The van der Waals surface area contributed by atoms with Crippen molar-refractivity contribution < 1.29 is 0 Å². The van der Waals surface area contributed by atoms with Crippen molar-refractivity contribution in [1.29, 1.82) is 0 Å². The minimum atomic E-state index is 0. The molecule has 28 heavy (non-hydrogen) atoms. The molecule has 2 unspecified atom stereocenters. The molecule has 1 fully saturated rings. The van der Waals surface area contributed by atoms with Crippen molar-refractivity contribution in [2.24, 2.45) is 4.99 Å². The lowest BCUT2D eigenvalue weighted by atomic mass is 9.97. The highest BCUT2D eigenvalue weighted by atomic mass is 127. The highest BCUT2D eigenvalue weighted by Gasteiger charge is 2.26. The smallest absolute Gasteiger partial charge is 0.191 e. The van der Waals surface area contributed by atoms with E-state index < -0.39 is 0 Å². The molecule has 6 heteroatoms. The van der Waals surface area contributed by atoms with Gasteiger partial charge in [0.2, 0.25) is 0 Å². The zero-order valence-corrected chi connectivity index (χ0v) is 20.9. The van der Waals surface area contributed by atoms with Crippen molar-refractivity contribution in [1.82, 2.24) is 20.4 Å². The summed E-state index contributed by atoms with van der Waals surface area (Å²) >= 11 is 0. The van der Waals surface area contributed by atoms with Gasteiger partial charge in [0.15, 0.2) is 5.96 Å². The van der Waals surface area contributed by atoms with E-state index in [9.17, 15) is 0 Å². The van der Waals surface area contributed by atoms with Crippen molar-refractivity contribution in [3.63, 3.8) is 0 Å². The van der Waals surface area contributed by atoms with Gasteiger partial charge in [0.25, 0.3) is 0 Å². The quantitative estimate of drug-likeness (QED) is 0.341. The van der Waals surface area contributed by atoms with Crippen molar-refractivity contribution >= 4 is 29.9 Å². The van der Waals surface area contributed by atoms with E-state index in [4.69, 9.17) is 4.99 Å². The number of rotatable bonds is 7. The Morgan fingerprint density at radius 3 is 2.50 bits per heavy atom. The van der Waals surface area contributed by atoms with Crippen LogP contribution in [-0.4, -0.2) is 67.1 Å². The van der Waals surface area contributed by atoms with Crippen LogP contribution in [0.2, 0.25) is 0 Å². The van der Waals surface area contributed by atoms with E-state index in [2.05, 4.69) is 92.6 Å². The van der Waals surface area contributed by atoms with Crippen LogP contribution >= 0.6 is 24.0 Å². The van der Waals surface area contributed by atoms with Gasteiger partial charge in [-0.15, -0.1) is 24.0 Å². The maximum atomic E-state index is 4.85. The third-order valence-electron chi connectivity index (χ3n) is 5.76. The third-order valence-corrected chi connectivity index (χ3v) is 5.76. The molecule has 1 saturated heterocycles. The molecule has 1 aromatic carbocycles. The molecule has 1 heterocycles. The maximum absolute atomic E-state index is 4.85. The van der Waals surface area contributed by atoms with Gasteiger partial charge in [0.1, 0.15) is 0 Å². The molecule has 2 N–H and O–H groups in total. The number of likely N-dealkylation sites (tertiary alicyclic amines) is 1. The topological polar surface area (TPSA) is 42.9 Å². The van der Waals surface area contributed by atoms with Gasteiger partial charge in [0.05, 0.1) is 6.54 Å². The van der Waals surface area contributed by atoms with Crippen molar-refractivity contribution in [2.45, 2.75) is 64.7 Å². The van der Waals surface area contributed by atoms with Crippen LogP contribution in [0.25, 0.3) is 0 Å². The Morgan fingerprint density at radius 1 is 1.25 bits per heavy atom. The Hall–Kier alpha value is -0.860. The minimum absolute atomic E-state index is 0. The lowest BCUT2D eigenvalue weighted by molar-refractivity contribution is 0.134. The van der Waals surface area contributed by atoms with Gasteiger partial charge in [-0.25, -0.2) is 0 Å². The van der Waals surface area contributed by atoms with Crippen LogP contribution in [0.4, 0.5) is 0 Å². The molecule has 1 aliphatic heterocycles. The molecule has 0 spiro atoms. The van der Waals surface area contributed by atoms with Crippen LogP contribution in [0, 0.1) is 0 Å². The number of benzene rings is 1. The van der Waals surface area contributed by atoms with E-state index in [1.165, 1.54) is 5.56 Å². The third kappa shape index (κ3) is 7.87. The number of aliphatic imine (C=N–C) groups is 1. The second-order valence-corrected chi connectivity index (χ2v) is 8.57. The average Bonchev–Trinajstić information content (AvgIpc) is 2.63. The molecule has 0 bridgehead atoms. The lowest BCUT2D eigenvalue weighted by Gasteiger charge is -2.38. The summed E-state index contributed by atoms with van der Waals surface area (Å²) in [6.45, 7) is 12.7. The summed E-state index contributed by atoms with van der Waals surface area (Å²) in [5.41, 5.74) is 1.45. The summed E-state index contributed by atoms with van der Waals surface area (Å²) in [4.78, 5) is 9.67. The second-order valence-electron chi connectivity index (χ2n) is 8.57. The lowest BCUT2D eigenvalue weighted by Crippen LogP contribution is -2.51. The molecule has 1 aromatic rings. The highest BCUT2D eigenvalue weighted by Crippen LogP contribution is 2.20. The van der Waals surface area contributed by atoms with Crippen molar-refractivity contribution in [3.8, 4) is 0 Å². The number of nitrogens with zero attached hydrogens (tertiary/aromatic N) is 3. The van der Waals surface area contributed by atoms with Gasteiger partial charge in [0, 0.05) is 37.3 Å². The number of hydrogen-bond acceptors (Lipinski definition) is 3. The summed E-state index contributed by atoms with van der Waals surface area (Å²) in [5.74, 6) is 0.945. The Labute approximate surface area is 189 Å². The predicted molar refractivity (Wildman–Crippen MR) is 132 cm³/mol. The first-order valence-electron chi connectivity index (χ1n) is 10.3. The molecule has 0 amide bonds. The van der Waals surface area contributed by atoms with E-state index >= 15 is 0 Å². The Kier molecular flexibility index (Phi) is 10.8. The van der Waals surface area contributed by atoms with Crippen LogP contribution in [0.1, 0.15) is 46.1 Å². The largest absolute Gasteiger partial charge is 0.357 e. The van der Waals surface area contributed by atoms with Gasteiger partial charge < -0.3 is 15.5 Å². The highest BCUT2D eigenvalue weighted by molar-refractivity contribution is 14.0. The molecule has 2 atom stereocenters. The van der Waals surface area contributed by atoms with Crippen LogP contribution in [0.5, 0.6) is 0 Å². The Morgan fingerprint density at radius 2 is 1.93 bits per heavy atom. The van der Waals surface area contributed by atoms with Crippen LogP contribution in [0.3, 0.4) is 0 Å². The van der Waals surface area contributed by atoms with Crippen molar-refractivity contribution in [3.05, 3.63) is 35.9 Å². The normalized spacial score (nSPS) is 21.3. The first kappa shape index (κ1) is 25.2. The number of guanidine groups is 1. The molecule has 0 radical (unpaired) electrons. The Bertz CT molecular complexity index is 588. The van der Waals surface area contributed by atoms with Crippen LogP contribution in [0.15, 0.2) is 35.3 Å². The fraction of sp³-hybridized carbons (Fsp3) is 0.682. The van der Waals surface area contributed by atoms with Crippen LogP contribution < -0.4 is 10.6 Å². The van der Waals surface area contributed by atoms with E-state index in [1.807, 2.05) is 0 Å². The molecule has 0 aromatic heterocycles. The monoisotopic (exact) mass is 501 g/mol. The average molecular weight is 502 g/mol. The van der Waals surface area contributed by atoms with E-state index in [0.29, 0.717) is 12.1 Å². The Balaban J connectivity index is 0.00000392. The van der Waals surface area contributed by atoms with E-state index in [0.717, 1.165) is 45.0 Å². The molecule has 0 aliphatic carbocycles. The van der Waals surface area contributed by atoms with Crippen molar-refractivity contribution in [2.75, 3.05) is 33.7 Å². The summed E-state index contributed by atoms with van der Waals surface area (Å²) in [6.07, 6.45) is 2.30. The summed E-state index contributed by atoms with van der Waals surface area (Å²) in [5, 5.41) is 7.09. The number of hydrogen-bond donors (Lipinski definition) is 2. The fourth-order valence-electron chi connectivity index (χ4n) is 3.33. The molecule has 0 saturated carbocycles. The van der Waals surface area contributed by atoms with E-state index in [1.54, 1.807) is 0 Å². The molecule has 160 valence electrons. The predicted octanol–water partition coefficient (Wildman–Crippen LogP) is 3.55. The number of nitrogens with one attached hydrogen (secondary N) is 2. The first-order chi connectivity index (χ1) is 12.8. The number of halogens is 1. The maximum Gasteiger partial charge on any atom is 0.191 e. The fourth-order valence-corrected chi connectivity index (χ4v) is 3.33. The molecule has 5 nitrogen and oxygen atoms in total. The second kappa shape index (κ2) is 12.0. The molecule has 1 aliphatic rings. The van der Waals surface area contributed by atoms with Gasteiger partial charge in [-0.3, -0.25) is 9.89 Å². The number of likely N-dealkylation sites (N-methyl/N-ethyl adjacent to an activating group) is 1. The van der Waals surface area contributed by atoms with Gasteiger partial charge >= 0.3 is 0 Å². The molecule has 2 rings (SSSR count). The number of piperidine rings is 1. The van der Waals surface area contributed by atoms with Gasteiger partial charge in [-0.1, -0.05) is 30.3 Å². The van der Waals surface area contributed by atoms with E-state index in [-0.39, 0.29) is 29.5 Å². The summed E-state index contributed by atoms with van der Waals surface area (Å²) in [6, 6.07) is 11.8. The molecular weight excluding hydrogens is 461 g/mol. The molecular formula is C22H40IN5. The summed E-state index contributed by atoms with van der Waals surface area (Å²) in [7, 11) is 4.22. The zero-order chi connectivity index (χ0) is 19.9. The van der Waals surface area contributed by atoms with Crippen LogP contribution in [-0.2, 0) is 6.54 Å². The van der Waals surface area contributed by atoms with Gasteiger partial charge in [-0.05, 0) is 60.2 Å². The zero-order valence-electron chi connectivity index (χ0n) is 18.5. The summed E-state index contributed by atoms with van der Waals surface area (Å²) < 4.78 is 0. The van der Waals surface area contributed by atoms with Gasteiger partial charge in [-0.2, -0.15) is 0 Å². The SMILES string of the molecule is CCNC(=NCC(C)(C)N(C)C)NC1CCN(Cc2ccccc2)C(C)C1.I. The first-order valence-corrected chi connectivity index (χ1v) is 10.3. The minimum Gasteiger partial charge on any atom is -0.357 e.